The molecule has 64 heavy (non-hydrogen) atoms. The Bertz CT molecular complexity index is 2640. The Morgan fingerprint density at radius 1 is 0.703 bits per heavy atom. The Morgan fingerprint density at radius 2 is 1.27 bits per heavy atom. The molecule has 0 saturated carbocycles. The van der Waals surface area contributed by atoms with Crippen LogP contribution >= 0.6 is 0 Å². The number of nitrogens with zero attached hydrogens (tertiary/aromatic N) is 4. The third kappa shape index (κ3) is 9.20. The normalized spacial score (nSPS) is 15.2. The smallest absolute Gasteiger partial charge is 0.408 e. The van der Waals surface area contributed by atoms with E-state index >= 15 is 4.79 Å². The molecule has 8 rings (SSSR count). The number of rotatable bonds is 12. The van der Waals surface area contributed by atoms with Crippen LogP contribution in [0.3, 0.4) is 0 Å². The second-order valence-corrected chi connectivity index (χ2v) is 17.9. The van der Waals surface area contributed by atoms with Gasteiger partial charge in [-0.1, -0.05) is 152 Å². The van der Waals surface area contributed by atoms with Gasteiger partial charge in [0.2, 0.25) is 5.91 Å². The fraction of sp³-hybridized carbons (Fsp3) is 0.245. The van der Waals surface area contributed by atoms with Crippen LogP contribution in [0.4, 0.5) is 10.5 Å². The molecule has 1 unspecified atom stereocenters. The topological polar surface area (TPSA) is 140 Å². The van der Waals surface area contributed by atoms with Crippen molar-refractivity contribution in [3.8, 4) is 22.5 Å². The summed E-state index contributed by atoms with van der Waals surface area (Å²) in [6.07, 6.45) is 0.471. The van der Waals surface area contributed by atoms with Crippen LogP contribution in [0.2, 0.25) is 0 Å². The van der Waals surface area contributed by atoms with Gasteiger partial charge in [0.05, 0.1) is 6.04 Å². The van der Waals surface area contributed by atoms with Gasteiger partial charge in [-0.2, -0.15) is 0 Å². The summed E-state index contributed by atoms with van der Waals surface area (Å²) in [6.45, 7) is 8.90. The van der Waals surface area contributed by atoms with Crippen molar-refractivity contribution in [1.29, 1.82) is 0 Å². The molecule has 0 radical (unpaired) electrons. The lowest BCUT2D eigenvalue weighted by Gasteiger charge is -2.36. The molecule has 11 heteroatoms. The van der Waals surface area contributed by atoms with Crippen molar-refractivity contribution in [2.24, 2.45) is 0 Å². The lowest BCUT2D eigenvalue weighted by atomic mass is 9.76. The van der Waals surface area contributed by atoms with Crippen LogP contribution in [0.1, 0.15) is 80.1 Å². The molecule has 6 aromatic carbocycles. The fourth-order valence-corrected chi connectivity index (χ4v) is 8.73. The van der Waals surface area contributed by atoms with E-state index in [1.807, 2.05) is 132 Å². The number of nitrogens with one attached hydrogen (secondary N) is 3. The monoisotopic (exact) mass is 851 g/mol. The minimum Gasteiger partial charge on any atom is -0.444 e. The summed E-state index contributed by atoms with van der Waals surface area (Å²) < 4.78 is 7.35. The van der Waals surface area contributed by atoms with Gasteiger partial charge < -0.3 is 20.7 Å². The van der Waals surface area contributed by atoms with Gasteiger partial charge in [-0.25, -0.2) is 9.48 Å². The Labute approximate surface area is 374 Å². The van der Waals surface area contributed by atoms with Crippen molar-refractivity contribution < 1.29 is 19.1 Å². The highest BCUT2D eigenvalue weighted by Gasteiger charge is 2.43. The zero-order valence-corrected chi connectivity index (χ0v) is 36.8. The molecule has 1 aliphatic rings. The van der Waals surface area contributed by atoms with Gasteiger partial charge in [0.1, 0.15) is 17.2 Å². The number of carbonyl (C=O) groups is 3. The van der Waals surface area contributed by atoms with E-state index in [1.54, 1.807) is 34.6 Å². The average Bonchev–Trinajstić information content (AvgIpc) is 3.70. The van der Waals surface area contributed by atoms with Crippen molar-refractivity contribution >= 4 is 23.5 Å². The van der Waals surface area contributed by atoms with Gasteiger partial charge in [-0.3, -0.25) is 9.59 Å². The Kier molecular flexibility index (Phi) is 12.3. The molecule has 7 aromatic rings. The first kappa shape index (κ1) is 43.3. The molecule has 1 aromatic heterocycles. The van der Waals surface area contributed by atoms with Crippen LogP contribution in [0.25, 0.3) is 22.5 Å². The van der Waals surface area contributed by atoms with Gasteiger partial charge >= 0.3 is 6.09 Å². The largest absolute Gasteiger partial charge is 0.444 e. The van der Waals surface area contributed by atoms with Crippen molar-refractivity contribution in [3.63, 3.8) is 0 Å². The summed E-state index contributed by atoms with van der Waals surface area (Å²) in [6, 6.07) is 52.7. The summed E-state index contributed by atoms with van der Waals surface area (Å²) in [7, 11) is 0. The van der Waals surface area contributed by atoms with Crippen molar-refractivity contribution in [2.45, 2.75) is 82.6 Å². The number of ketones is 1. The van der Waals surface area contributed by atoms with Crippen LogP contribution < -0.4 is 16.0 Å². The quantitative estimate of drug-likeness (QED) is 0.0816. The number of anilines is 1. The first-order valence-corrected chi connectivity index (χ1v) is 21.7. The molecule has 1 aliphatic heterocycles. The third-order valence-electron chi connectivity index (χ3n) is 11.5. The Morgan fingerprint density at radius 3 is 1.86 bits per heavy atom. The number of hydrogen-bond donors (Lipinski definition) is 3. The number of hydrogen-bond acceptors (Lipinski definition) is 8. The van der Waals surface area contributed by atoms with E-state index in [4.69, 9.17) is 15.0 Å². The molecule has 0 fully saturated rings. The number of fused-ring (bicyclic) bond motifs is 1. The van der Waals surface area contributed by atoms with E-state index in [0.29, 0.717) is 29.8 Å². The number of ether oxygens (including phenoxy) is 1. The number of para-hydroxylation sites is 1. The number of Topliss-reactive ketones (excluding diaryl/α,β-unsaturated/α-hetero) is 1. The van der Waals surface area contributed by atoms with Crippen molar-refractivity contribution in [1.82, 2.24) is 30.8 Å². The number of amides is 2. The number of carbonyl (C=O) groups excluding carboxylic acids is 3. The van der Waals surface area contributed by atoms with Gasteiger partial charge in [-0.05, 0) is 103 Å². The van der Waals surface area contributed by atoms with E-state index in [1.165, 1.54) is 0 Å². The molecule has 2 atom stereocenters. The molecule has 0 aliphatic carbocycles. The van der Waals surface area contributed by atoms with Gasteiger partial charge in [-0.15, -0.1) is 5.10 Å². The standard InChI is InChI=1S/C53H53N7O4/c1-51(2,3)64-50(63)56-52(4,5)35-46(61)54-45-33-31-37-22-18-19-29-44(37)55-47(45)48(62)38-30-32-42(36-20-10-6-11-21-36)43(34-38)49-57-58-59-60(49)53(39-23-12-7-13-24-39,40-25-14-8-15-26-40)41-27-16-9-17-28-41/h6-30,32,34,45,47,55H,31,33,35H2,1-5H3,(H,54,61)(H,56,63)/t45-,47?/m1/s1. The zero-order valence-electron chi connectivity index (χ0n) is 36.8. The summed E-state index contributed by atoms with van der Waals surface area (Å²) >= 11 is 0. The van der Waals surface area contributed by atoms with E-state index in [0.717, 1.165) is 39.1 Å². The SMILES string of the molecule is CC(C)(CC(=O)N[C@@H]1CCc2ccccc2NC1C(=O)c1ccc(-c2ccccc2)c(-c2nnnn2C(c2ccccc2)(c2ccccc2)c2ccccc2)c1)NC(=O)OC(C)(C)C. The van der Waals surface area contributed by atoms with Crippen LogP contribution in [0.5, 0.6) is 0 Å². The second-order valence-electron chi connectivity index (χ2n) is 17.9. The average molecular weight is 852 g/mol. The molecule has 2 heterocycles. The highest BCUT2D eigenvalue weighted by Crippen LogP contribution is 2.44. The molecule has 0 spiro atoms. The molecular formula is C53H53N7O4. The van der Waals surface area contributed by atoms with Crippen LogP contribution in [0, 0.1) is 0 Å². The van der Waals surface area contributed by atoms with Crippen molar-refractivity contribution in [2.75, 3.05) is 5.32 Å². The highest BCUT2D eigenvalue weighted by atomic mass is 16.6. The maximum absolute atomic E-state index is 15.3. The molecule has 0 saturated heterocycles. The summed E-state index contributed by atoms with van der Waals surface area (Å²) in [5, 5.41) is 23.5. The van der Waals surface area contributed by atoms with Gasteiger partial charge in [0, 0.05) is 28.8 Å². The Balaban J connectivity index is 1.23. The van der Waals surface area contributed by atoms with Crippen molar-refractivity contribution in [3.05, 3.63) is 192 Å². The van der Waals surface area contributed by atoms with E-state index in [9.17, 15) is 9.59 Å². The predicted molar refractivity (Wildman–Crippen MR) is 250 cm³/mol. The molecule has 11 nitrogen and oxygen atoms in total. The molecule has 0 bridgehead atoms. The molecule has 3 N–H and O–H groups in total. The molecular weight excluding hydrogens is 799 g/mol. The summed E-state index contributed by atoms with van der Waals surface area (Å²) in [5.41, 5.74) is 4.85. The predicted octanol–water partition coefficient (Wildman–Crippen LogP) is 9.64. The van der Waals surface area contributed by atoms with E-state index in [2.05, 4.69) is 57.6 Å². The van der Waals surface area contributed by atoms with Crippen LogP contribution in [-0.2, 0) is 21.5 Å². The Hall–Kier alpha value is -7.40. The fourth-order valence-electron chi connectivity index (χ4n) is 8.73. The van der Waals surface area contributed by atoms with Crippen LogP contribution in [-0.4, -0.2) is 61.2 Å². The first-order valence-electron chi connectivity index (χ1n) is 21.7. The number of aromatic nitrogens is 4. The summed E-state index contributed by atoms with van der Waals surface area (Å²) in [4.78, 5) is 41.9. The second kappa shape index (κ2) is 18.1. The van der Waals surface area contributed by atoms with Gasteiger partial charge in [0.25, 0.3) is 0 Å². The zero-order chi connectivity index (χ0) is 44.9. The number of alkyl carbamates (subject to hydrolysis) is 1. The minimum atomic E-state index is -1.04. The molecule has 324 valence electrons. The molecule has 2 amide bonds. The highest BCUT2D eigenvalue weighted by molar-refractivity contribution is 6.04. The maximum Gasteiger partial charge on any atom is 0.408 e. The lowest BCUT2D eigenvalue weighted by molar-refractivity contribution is -0.123. The number of tetrazole rings is 1. The number of aryl methyl sites for hydroxylation is 1. The number of benzene rings is 6. The summed E-state index contributed by atoms with van der Waals surface area (Å²) in [5.74, 6) is -0.0720. The minimum absolute atomic E-state index is 0.0405. The van der Waals surface area contributed by atoms with E-state index < -0.39 is 34.9 Å². The van der Waals surface area contributed by atoms with Crippen LogP contribution in [0.15, 0.2) is 164 Å². The third-order valence-corrected chi connectivity index (χ3v) is 11.5. The first-order chi connectivity index (χ1) is 30.8. The lowest BCUT2D eigenvalue weighted by Crippen LogP contribution is -2.53. The van der Waals surface area contributed by atoms with Gasteiger partial charge in [0.15, 0.2) is 11.6 Å². The van der Waals surface area contributed by atoms with E-state index in [-0.39, 0.29) is 18.1 Å². The maximum atomic E-state index is 15.3.